The Labute approximate surface area is 237 Å². The molecule has 0 unspecified atom stereocenters. The average Bonchev–Trinajstić information content (AvgIpc) is 2.97. The van der Waals surface area contributed by atoms with E-state index in [1.165, 1.54) is 34.9 Å². The van der Waals surface area contributed by atoms with E-state index in [4.69, 9.17) is 0 Å². The molecule has 9 nitrogen and oxygen atoms in total. The molecule has 0 fully saturated rings. The van der Waals surface area contributed by atoms with Crippen LogP contribution in [-0.2, 0) is 16.3 Å². The van der Waals surface area contributed by atoms with E-state index in [2.05, 4.69) is 11.1 Å². The molecule has 0 saturated heterocycles. The Balaban J connectivity index is 1.87. The fourth-order valence-electron chi connectivity index (χ4n) is 4.85. The molecular formula is C31H29N3O6S. The highest BCUT2D eigenvalue weighted by atomic mass is 32.2. The minimum Gasteiger partial charge on any atom is -0.492 e. The molecule has 0 amide bonds. The van der Waals surface area contributed by atoms with Crippen molar-refractivity contribution in [2.45, 2.75) is 55.4 Å². The highest BCUT2D eigenvalue weighted by Gasteiger charge is 2.31. The third kappa shape index (κ3) is 5.76. The van der Waals surface area contributed by atoms with Gasteiger partial charge in [0, 0.05) is 6.42 Å². The summed E-state index contributed by atoms with van der Waals surface area (Å²) >= 11 is 0. The predicted molar refractivity (Wildman–Crippen MR) is 153 cm³/mol. The monoisotopic (exact) mass is 571 g/mol. The van der Waals surface area contributed by atoms with Crippen LogP contribution in [0.5, 0.6) is 5.88 Å². The van der Waals surface area contributed by atoms with Crippen molar-refractivity contribution in [3.05, 3.63) is 106 Å². The van der Waals surface area contributed by atoms with E-state index < -0.39 is 38.2 Å². The van der Waals surface area contributed by atoms with Gasteiger partial charge >= 0.3 is 5.97 Å². The lowest BCUT2D eigenvalue weighted by Crippen LogP contribution is -2.33. The van der Waals surface area contributed by atoms with Crippen LogP contribution in [0.1, 0.15) is 66.5 Å². The van der Waals surface area contributed by atoms with Crippen molar-refractivity contribution >= 4 is 15.8 Å². The maximum absolute atomic E-state index is 14.0. The Morgan fingerprint density at radius 1 is 1.05 bits per heavy atom. The summed E-state index contributed by atoms with van der Waals surface area (Å²) in [7, 11) is -4.54. The fraction of sp³-hybridized carbons (Fsp3) is 0.226. The van der Waals surface area contributed by atoms with Crippen LogP contribution in [0, 0.1) is 11.3 Å². The number of aryl methyl sites for hydroxylation is 1. The number of carboxylic acids is 1. The first-order valence-electron chi connectivity index (χ1n) is 13.2. The van der Waals surface area contributed by atoms with Gasteiger partial charge in [-0.1, -0.05) is 62.7 Å². The highest BCUT2D eigenvalue weighted by Crippen LogP contribution is 2.31. The molecule has 0 aliphatic carbocycles. The third-order valence-electron chi connectivity index (χ3n) is 6.88. The lowest BCUT2D eigenvalue weighted by molar-refractivity contribution is 0.0697. The number of carboxylic acid groups (broad SMARTS) is 1. The van der Waals surface area contributed by atoms with Gasteiger partial charge in [-0.25, -0.2) is 13.2 Å². The molecule has 0 aliphatic rings. The normalized spacial score (nSPS) is 12.0. The molecule has 3 aromatic carbocycles. The number of carbonyl (C=O) groups is 1. The second-order valence-corrected chi connectivity index (χ2v) is 11.4. The van der Waals surface area contributed by atoms with Crippen molar-refractivity contribution < 1.29 is 23.4 Å². The summed E-state index contributed by atoms with van der Waals surface area (Å²) in [6.45, 7) is 3.81. The molecule has 10 heteroatoms. The number of nitriles is 1. The summed E-state index contributed by atoms with van der Waals surface area (Å²) in [4.78, 5) is 28.7. The van der Waals surface area contributed by atoms with Gasteiger partial charge in [-0.3, -0.25) is 9.36 Å². The number of unbranched alkanes of at least 4 members (excludes halogenated alkanes) is 1. The zero-order valence-corrected chi connectivity index (χ0v) is 23.4. The Bertz CT molecular complexity index is 1810. The second kappa shape index (κ2) is 12.2. The molecule has 1 heterocycles. The standard InChI is InChI=1S/C31H29N3O6S/c1-3-5-13-27-33-29(35)28(30(36)34(27)26(4-2)22-10-8-9-20(18-22)19-32)41(39,40)23-16-14-21(15-17-23)24-11-6-7-12-25(24)31(37)38/h6-12,14-18,26,35H,3-5,13H2,1-2H3,(H,37,38)/t26-/m0/s1. The minimum absolute atomic E-state index is 0.0570. The first kappa shape index (κ1) is 29.2. The zero-order valence-electron chi connectivity index (χ0n) is 22.6. The van der Waals surface area contributed by atoms with E-state index >= 15 is 0 Å². The summed E-state index contributed by atoms with van der Waals surface area (Å²) < 4.78 is 28.9. The number of rotatable bonds is 10. The number of nitrogens with zero attached hydrogens (tertiary/aromatic N) is 3. The number of aromatic carboxylic acids is 1. The fourth-order valence-corrected chi connectivity index (χ4v) is 6.20. The smallest absolute Gasteiger partial charge is 0.336 e. The van der Waals surface area contributed by atoms with Crippen LogP contribution in [0.25, 0.3) is 11.1 Å². The molecular weight excluding hydrogens is 542 g/mol. The molecule has 2 N–H and O–H groups in total. The quantitative estimate of drug-likeness (QED) is 0.258. The van der Waals surface area contributed by atoms with Crippen molar-refractivity contribution in [1.29, 1.82) is 5.26 Å². The zero-order chi connectivity index (χ0) is 29.7. The maximum atomic E-state index is 14.0. The van der Waals surface area contributed by atoms with Crippen LogP contribution in [0.15, 0.2) is 87.4 Å². The van der Waals surface area contributed by atoms with E-state index in [9.17, 15) is 33.5 Å². The van der Waals surface area contributed by atoms with E-state index in [0.717, 1.165) is 6.42 Å². The number of sulfone groups is 1. The Morgan fingerprint density at radius 2 is 1.76 bits per heavy atom. The van der Waals surface area contributed by atoms with Gasteiger partial charge in [0.15, 0.2) is 4.90 Å². The Morgan fingerprint density at radius 3 is 2.39 bits per heavy atom. The van der Waals surface area contributed by atoms with Crippen LogP contribution in [0.4, 0.5) is 0 Å². The molecule has 0 spiro atoms. The maximum Gasteiger partial charge on any atom is 0.336 e. The molecule has 4 rings (SSSR count). The molecule has 4 aromatic rings. The minimum atomic E-state index is -4.54. The topological polar surface area (TPSA) is 150 Å². The summed E-state index contributed by atoms with van der Waals surface area (Å²) in [5.74, 6) is -1.75. The number of hydrogen-bond acceptors (Lipinski definition) is 7. The first-order chi connectivity index (χ1) is 19.6. The highest BCUT2D eigenvalue weighted by molar-refractivity contribution is 7.91. The average molecular weight is 572 g/mol. The van der Waals surface area contributed by atoms with Crippen molar-refractivity contribution in [1.82, 2.24) is 9.55 Å². The third-order valence-corrected chi connectivity index (χ3v) is 8.67. The van der Waals surface area contributed by atoms with Gasteiger partial charge in [0.05, 0.1) is 28.1 Å². The summed E-state index contributed by atoms with van der Waals surface area (Å²) in [5, 5.41) is 29.7. The lowest BCUT2D eigenvalue weighted by Gasteiger charge is -2.23. The van der Waals surface area contributed by atoms with Crippen LogP contribution in [-0.4, -0.2) is 34.2 Å². The van der Waals surface area contributed by atoms with Crippen molar-refractivity contribution in [3.8, 4) is 23.1 Å². The van der Waals surface area contributed by atoms with Crippen molar-refractivity contribution in [3.63, 3.8) is 0 Å². The largest absolute Gasteiger partial charge is 0.492 e. The molecule has 41 heavy (non-hydrogen) atoms. The van der Waals surface area contributed by atoms with E-state index in [0.29, 0.717) is 41.5 Å². The first-order valence-corrected chi connectivity index (χ1v) is 14.6. The molecule has 0 bridgehead atoms. The summed E-state index contributed by atoms with van der Waals surface area (Å²) in [6, 6.07) is 20.0. The van der Waals surface area contributed by atoms with Gasteiger partial charge in [-0.15, -0.1) is 0 Å². The molecule has 1 atom stereocenters. The van der Waals surface area contributed by atoms with Gasteiger partial charge in [0.1, 0.15) is 5.82 Å². The summed E-state index contributed by atoms with van der Waals surface area (Å²) in [5.41, 5.74) is 1.07. The van der Waals surface area contributed by atoms with Gasteiger partial charge in [-0.2, -0.15) is 10.2 Å². The van der Waals surface area contributed by atoms with Crippen LogP contribution < -0.4 is 5.56 Å². The van der Waals surface area contributed by atoms with E-state index in [1.807, 2.05) is 13.8 Å². The predicted octanol–water partition coefficient (Wildman–Crippen LogP) is 5.36. The number of hydrogen-bond donors (Lipinski definition) is 2. The number of aromatic nitrogens is 2. The van der Waals surface area contributed by atoms with E-state index in [-0.39, 0.29) is 16.3 Å². The van der Waals surface area contributed by atoms with Crippen molar-refractivity contribution in [2.24, 2.45) is 0 Å². The van der Waals surface area contributed by atoms with E-state index in [1.54, 1.807) is 42.5 Å². The molecule has 1 aromatic heterocycles. The van der Waals surface area contributed by atoms with Crippen LogP contribution in [0.2, 0.25) is 0 Å². The number of benzene rings is 3. The van der Waals surface area contributed by atoms with Gasteiger partial charge < -0.3 is 10.2 Å². The lowest BCUT2D eigenvalue weighted by atomic mass is 10.00. The Kier molecular flexibility index (Phi) is 8.69. The van der Waals surface area contributed by atoms with Crippen LogP contribution in [0.3, 0.4) is 0 Å². The molecule has 0 aliphatic heterocycles. The van der Waals surface area contributed by atoms with Gasteiger partial charge in [0.25, 0.3) is 5.56 Å². The molecule has 0 saturated carbocycles. The molecule has 210 valence electrons. The van der Waals surface area contributed by atoms with Crippen LogP contribution >= 0.6 is 0 Å². The summed E-state index contributed by atoms with van der Waals surface area (Å²) in [6.07, 6.45) is 2.18. The second-order valence-electron chi connectivity index (χ2n) is 9.50. The van der Waals surface area contributed by atoms with Crippen molar-refractivity contribution in [2.75, 3.05) is 0 Å². The SMILES string of the molecule is CCCCc1nc(O)c(S(=O)(=O)c2ccc(-c3ccccc3C(=O)O)cc2)c(=O)n1[C@@H](CC)c1cccc(C#N)c1. The number of aromatic hydroxyl groups is 1. The van der Waals surface area contributed by atoms with Gasteiger partial charge in [-0.05, 0) is 59.9 Å². The molecule has 0 radical (unpaired) electrons. The Hall–Kier alpha value is -4.75. The van der Waals surface area contributed by atoms with Gasteiger partial charge in [0.2, 0.25) is 15.7 Å².